The van der Waals surface area contributed by atoms with E-state index in [9.17, 15) is 19.5 Å². The Balaban J connectivity index is 1.61. The Morgan fingerprint density at radius 3 is 2.62 bits per heavy atom. The maximum atomic E-state index is 14.5. The lowest BCUT2D eigenvalue weighted by molar-refractivity contribution is -0.158. The van der Waals surface area contributed by atoms with Gasteiger partial charge in [0, 0.05) is 25.4 Å². The van der Waals surface area contributed by atoms with Crippen molar-refractivity contribution in [3.05, 3.63) is 53.6 Å². The van der Waals surface area contributed by atoms with Gasteiger partial charge in [-0.3, -0.25) is 14.4 Å². The Labute approximate surface area is 230 Å². The van der Waals surface area contributed by atoms with Gasteiger partial charge in [-0.2, -0.15) is 0 Å². The van der Waals surface area contributed by atoms with Crippen molar-refractivity contribution in [3.63, 3.8) is 0 Å². The van der Waals surface area contributed by atoms with E-state index in [1.807, 2.05) is 63.3 Å². The van der Waals surface area contributed by atoms with E-state index in [0.29, 0.717) is 32.5 Å². The van der Waals surface area contributed by atoms with Crippen LogP contribution in [0, 0.1) is 25.7 Å². The van der Waals surface area contributed by atoms with Crippen LogP contribution in [0.4, 0.5) is 5.69 Å². The van der Waals surface area contributed by atoms with Crippen LogP contribution >= 0.6 is 0 Å². The van der Waals surface area contributed by atoms with Crippen LogP contribution in [0.3, 0.4) is 0 Å². The number of benzene rings is 1. The third-order valence-electron chi connectivity index (χ3n) is 8.71. The molecular formula is C31H40N2O6. The molecule has 4 heterocycles. The Morgan fingerprint density at radius 2 is 1.82 bits per heavy atom. The Bertz CT molecular complexity index is 1190. The van der Waals surface area contributed by atoms with Gasteiger partial charge >= 0.3 is 5.97 Å². The van der Waals surface area contributed by atoms with E-state index >= 15 is 0 Å². The topological polar surface area (TPSA) is 96.4 Å². The van der Waals surface area contributed by atoms with E-state index < -0.39 is 35.0 Å². The second-order valence-electron chi connectivity index (χ2n) is 11.5. The van der Waals surface area contributed by atoms with E-state index in [0.717, 1.165) is 42.5 Å². The summed E-state index contributed by atoms with van der Waals surface area (Å²) in [6.07, 6.45) is 12.2. The number of aryl methyl sites for hydroxylation is 2. The van der Waals surface area contributed by atoms with Gasteiger partial charge in [-0.05, 0) is 76.5 Å². The number of aliphatic hydroxyl groups excluding tert-OH is 1. The molecule has 8 nitrogen and oxygen atoms in total. The monoisotopic (exact) mass is 536 g/mol. The molecule has 0 saturated carbocycles. The minimum atomic E-state index is -1.30. The number of rotatable bonds is 6. The van der Waals surface area contributed by atoms with Crippen molar-refractivity contribution in [1.82, 2.24) is 4.90 Å². The third-order valence-corrected chi connectivity index (χ3v) is 8.71. The van der Waals surface area contributed by atoms with E-state index in [2.05, 4.69) is 0 Å². The second kappa shape index (κ2) is 10.9. The highest BCUT2D eigenvalue weighted by Gasteiger charge is 2.74. The molecule has 0 aromatic heterocycles. The van der Waals surface area contributed by atoms with Crippen molar-refractivity contribution in [2.24, 2.45) is 11.8 Å². The van der Waals surface area contributed by atoms with E-state index in [-0.39, 0.29) is 18.4 Å². The Kier molecular flexibility index (Phi) is 7.71. The zero-order chi connectivity index (χ0) is 27.8. The minimum Gasteiger partial charge on any atom is -0.465 e. The maximum absolute atomic E-state index is 14.5. The van der Waals surface area contributed by atoms with Gasteiger partial charge in [0.2, 0.25) is 5.91 Å². The molecule has 1 N–H and O–H groups in total. The first kappa shape index (κ1) is 27.6. The molecule has 0 bridgehead atoms. The van der Waals surface area contributed by atoms with Gasteiger partial charge in [0.25, 0.3) is 5.91 Å². The molecule has 1 unspecified atom stereocenters. The fourth-order valence-corrected chi connectivity index (χ4v) is 6.83. The number of hydrogen-bond donors (Lipinski definition) is 1. The molecule has 39 heavy (non-hydrogen) atoms. The smallest absolute Gasteiger partial charge is 0.313 e. The number of amides is 2. The summed E-state index contributed by atoms with van der Waals surface area (Å²) < 4.78 is 12.5. The summed E-state index contributed by atoms with van der Waals surface area (Å²) in [5.74, 6) is -2.65. The summed E-state index contributed by atoms with van der Waals surface area (Å²) in [5.41, 5.74) is 0.424. The predicted molar refractivity (Wildman–Crippen MR) is 147 cm³/mol. The fourth-order valence-electron chi connectivity index (χ4n) is 6.83. The molecule has 2 amide bonds. The summed E-state index contributed by atoms with van der Waals surface area (Å²) >= 11 is 0. The molecule has 2 fully saturated rings. The summed E-state index contributed by atoms with van der Waals surface area (Å²) in [6.45, 7) is 6.87. The van der Waals surface area contributed by atoms with E-state index in [1.54, 1.807) is 9.80 Å². The van der Waals surface area contributed by atoms with Crippen molar-refractivity contribution in [3.8, 4) is 0 Å². The summed E-state index contributed by atoms with van der Waals surface area (Å²) in [4.78, 5) is 45.8. The van der Waals surface area contributed by atoms with Crippen LogP contribution < -0.4 is 4.90 Å². The van der Waals surface area contributed by atoms with Crippen molar-refractivity contribution >= 4 is 23.5 Å². The standard InChI is InChI=1S/C31H40N2O6/c1-21-12-13-22(2)23(20-21)32-17-11-15-31-24(27(35)33(26(31)28(32)36)16-8-6-9-18-34)25-29(37)38-19-10-5-4-7-14-30(25,3)39-31/h7,11-15,20,24-26,34H,4-6,8-10,16-19H2,1-3H3/b14-7-/t24-,25-,26?,30+,31-/m0/s1. The Morgan fingerprint density at radius 1 is 1.00 bits per heavy atom. The minimum absolute atomic E-state index is 0.0771. The highest BCUT2D eigenvalue weighted by atomic mass is 16.6. The molecule has 1 aromatic rings. The maximum Gasteiger partial charge on any atom is 0.313 e. The molecule has 210 valence electrons. The number of carbonyl (C=O) groups excluding carboxylic acids is 3. The highest BCUT2D eigenvalue weighted by Crippen LogP contribution is 2.57. The Hall–Kier alpha value is -2.97. The number of unbranched alkanes of at least 4 members (excludes halogenated alkanes) is 2. The molecule has 0 radical (unpaired) electrons. The van der Waals surface area contributed by atoms with Crippen molar-refractivity contribution < 1.29 is 29.0 Å². The molecular weight excluding hydrogens is 496 g/mol. The molecule has 0 aliphatic carbocycles. The number of hydrogen-bond acceptors (Lipinski definition) is 6. The number of esters is 1. The van der Waals surface area contributed by atoms with Crippen LogP contribution in [-0.4, -0.2) is 71.3 Å². The fraction of sp³-hybridized carbons (Fsp3) is 0.581. The number of allylic oxidation sites excluding steroid dienone is 1. The predicted octanol–water partition coefficient (Wildman–Crippen LogP) is 3.62. The van der Waals surface area contributed by atoms with Crippen LogP contribution in [-0.2, 0) is 23.9 Å². The SMILES string of the molecule is Cc1ccc(C)c(N2CC=C[C@]34O[C@]5(C)/C=C\CCCCOC(=O)[C@@H]5[C@H]3C(=O)N(CCCCCO)C4C2=O)c1. The number of ether oxygens (including phenoxy) is 2. The number of anilines is 1. The van der Waals surface area contributed by atoms with Crippen LogP contribution in [0.15, 0.2) is 42.5 Å². The second-order valence-corrected chi connectivity index (χ2v) is 11.5. The van der Waals surface area contributed by atoms with Gasteiger partial charge < -0.3 is 24.4 Å². The average Bonchev–Trinajstić information content (AvgIpc) is 3.23. The molecule has 5 atom stereocenters. The first-order valence-electron chi connectivity index (χ1n) is 14.3. The van der Waals surface area contributed by atoms with Crippen LogP contribution in [0.25, 0.3) is 0 Å². The first-order chi connectivity index (χ1) is 18.7. The summed E-state index contributed by atoms with van der Waals surface area (Å²) in [6, 6.07) is 5.09. The third kappa shape index (κ3) is 4.72. The summed E-state index contributed by atoms with van der Waals surface area (Å²) in [7, 11) is 0. The lowest BCUT2D eigenvalue weighted by atomic mass is 9.74. The molecule has 8 heteroatoms. The van der Waals surface area contributed by atoms with Crippen LogP contribution in [0.5, 0.6) is 0 Å². The molecule has 1 spiro atoms. The number of likely N-dealkylation sites (tertiary alicyclic amines) is 1. The number of nitrogens with zero attached hydrogens (tertiary/aromatic N) is 2. The zero-order valence-electron chi connectivity index (χ0n) is 23.2. The van der Waals surface area contributed by atoms with Crippen LogP contribution in [0.2, 0.25) is 0 Å². The molecule has 5 rings (SSSR count). The highest BCUT2D eigenvalue weighted by molar-refractivity contribution is 6.06. The van der Waals surface area contributed by atoms with Gasteiger partial charge in [-0.15, -0.1) is 0 Å². The van der Waals surface area contributed by atoms with Crippen molar-refractivity contribution in [2.75, 3.05) is 31.2 Å². The normalized spacial score (nSPS) is 33.3. The van der Waals surface area contributed by atoms with Crippen molar-refractivity contribution in [1.29, 1.82) is 0 Å². The van der Waals surface area contributed by atoms with Gasteiger partial charge in [0.1, 0.15) is 17.6 Å². The van der Waals surface area contributed by atoms with E-state index in [4.69, 9.17) is 9.47 Å². The lowest BCUT2D eigenvalue weighted by Crippen LogP contribution is -2.56. The summed E-state index contributed by atoms with van der Waals surface area (Å²) in [5, 5.41) is 9.27. The zero-order valence-corrected chi connectivity index (χ0v) is 23.2. The number of aliphatic hydroxyl groups is 1. The molecule has 4 aliphatic heterocycles. The van der Waals surface area contributed by atoms with Gasteiger partial charge in [0.15, 0.2) is 0 Å². The van der Waals surface area contributed by atoms with Gasteiger partial charge in [-0.25, -0.2) is 0 Å². The molecule has 1 aromatic carbocycles. The van der Waals surface area contributed by atoms with E-state index in [1.165, 1.54) is 0 Å². The van der Waals surface area contributed by atoms with Crippen LogP contribution in [0.1, 0.15) is 56.6 Å². The number of cyclic esters (lactones) is 1. The average molecular weight is 537 g/mol. The van der Waals surface area contributed by atoms with Crippen molar-refractivity contribution in [2.45, 2.75) is 76.5 Å². The molecule has 4 aliphatic rings. The largest absolute Gasteiger partial charge is 0.465 e. The first-order valence-corrected chi connectivity index (χ1v) is 14.3. The number of carbonyl (C=O) groups is 3. The molecule has 2 saturated heterocycles. The lowest BCUT2D eigenvalue weighted by Gasteiger charge is -2.38. The quantitative estimate of drug-likeness (QED) is 0.339. The number of fused-ring (bicyclic) bond motifs is 2. The van der Waals surface area contributed by atoms with Gasteiger partial charge in [-0.1, -0.05) is 36.4 Å². The van der Waals surface area contributed by atoms with Gasteiger partial charge in [0.05, 0.1) is 18.1 Å².